The van der Waals surface area contributed by atoms with E-state index in [4.69, 9.17) is 0 Å². The minimum absolute atomic E-state index is 1.01. The van der Waals surface area contributed by atoms with Crippen molar-refractivity contribution in [1.29, 1.82) is 0 Å². The van der Waals surface area contributed by atoms with Crippen LogP contribution in [0.3, 0.4) is 0 Å². The molecular weight excluding hydrogens is 144 g/mol. The first kappa shape index (κ1) is 6.77. The molecule has 0 saturated carbocycles. The zero-order chi connectivity index (χ0) is 8.23. The van der Waals surface area contributed by atoms with Gasteiger partial charge in [-0.1, -0.05) is 35.8 Å². The standard InChI is InChI=1S/C12H6/c1-2-4-8-12-10-6-5-9-11(12)7-3-1/h1-2,5-6,9-10H/b2-1-. The molecule has 1 aliphatic rings. The molecule has 0 radical (unpaired) electrons. The van der Waals surface area contributed by atoms with E-state index in [0.29, 0.717) is 0 Å². The molecule has 1 aromatic carbocycles. The van der Waals surface area contributed by atoms with Gasteiger partial charge < -0.3 is 0 Å². The van der Waals surface area contributed by atoms with Crippen molar-refractivity contribution in [3.05, 3.63) is 47.5 Å². The maximum Gasteiger partial charge on any atom is 0.0405 e. The average Bonchev–Trinajstić information content (AvgIpc) is 2.06. The monoisotopic (exact) mass is 150 g/mol. The molecule has 0 amide bonds. The Hall–Kier alpha value is -1.92. The zero-order valence-corrected chi connectivity index (χ0v) is 6.46. The van der Waals surface area contributed by atoms with E-state index < -0.39 is 0 Å². The first-order valence-electron chi connectivity index (χ1n) is 3.74. The van der Waals surface area contributed by atoms with Gasteiger partial charge in [0.05, 0.1) is 0 Å². The lowest BCUT2D eigenvalue weighted by Gasteiger charge is -1.94. The molecule has 0 nitrogen and oxygen atoms in total. The van der Waals surface area contributed by atoms with Crippen molar-refractivity contribution in [3.8, 4) is 23.7 Å². The summed E-state index contributed by atoms with van der Waals surface area (Å²) in [7, 11) is 0. The summed E-state index contributed by atoms with van der Waals surface area (Å²) < 4.78 is 0. The van der Waals surface area contributed by atoms with Gasteiger partial charge in [-0.15, -0.1) is 0 Å². The van der Waals surface area contributed by atoms with E-state index in [-0.39, 0.29) is 0 Å². The maximum atomic E-state index is 3.03. The van der Waals surface area contributed by atoms with Crippen molar-refractivity contribution < 1.29 is 0 Å². The summed E-state index contributed by atoms with van der Waals surface area (Å²) in [6.07, 6.45) is 3.53. The molecule has 2 rings (SSSR count). The van der Waals surface area contributed by atoms with E-state index in [9.17, 15) is 0 Å². The molecule has 1 aliphatic carbocycles. The molecule has 1 aromatic rings. The van der Waals surface area contributed by atoms with Crippen molar-refractivity contribution in [2.45, 2.75) is 0 Å². The van der Waals surface area contributed by atoms with Gasteiger partial charge >= 0.3 is 0 Å². The summed E-state index contributed by atoms with van der Waals surface area (Å²) >= 11 is 0. The normalized spacial score (nSPS) is 13.7. The van der Waals surface area contributed by atoms with Crippen LogP contribution in [0.15, 0.2) is 36.4 Å². The van der Waals surface area contributed by atoms with Crippen LogP contribution in [-0.4, -0.2) is 0 Å². The second-order valence-corrected chi connectivity index (χ2v) is 2.42. The smallest absolute Gasteiger partial charge is 0.0405 e. The third-order valence-corrected chi connectivity index (χ3v) is 1.59. The highest BCUT2D eigenvalue weighted by Gasteiger charge is 1.93. The number of rotatable bonds is 0. The van der Waals surface area contributed by atoms with Gasteiger partial charge in [0.1, 0.15) is 0 Å². The fourth-order valence-electron chi connectivity index (χ4n) is 1.02. The summed E-state index contributed by atoms with van der Waals surface area (Å²) in [6, 6.07) is 7.91. The molecule has 0 heteroatoms. The maximum absolute atomic E-state index is 3.03. The van der Waals surface area contributed by atoms with Gasteiger partial charge in [-0.05, 0) is 24.3 Å². The molecule has 0 spiro atoms. The number of benzene rings is 1. The first-order chi connectivity index (χ1) is 5.97. The number of allylic oxidation sites excluding steroid dienone is 2. The molecule has 0 aliphatic heterocycles. The second kappa shape index (κ2) is 2.99. The highest BCUT2D eigenvalue weighted by atomic mass is 13.9. The summed E-state index contributed by atoms with van der Waals surface area (Å²) in [6.45, 7) is 0. The van der Waals surface area contributed by atoms with Crippen molar-refractivity contribution in [2.24, 2.45) is 0 Å². The lowest BCUT2D eigenvalue weighted by atomic mass is 10.1. The molecule has 0 heterocycles. The van der Waals surface area contributed by atoms with Gasteiger partial charge in [0.25, 0.3) is 0 Å². The lowest BCUT2D eigenvalue weighted by Crippen LogP contribution is -1.82. The molecule has 0 aromatic heterocycles. The molecule has 0 atom stereocenters. The Morgan fingerprint density at radius 3 is 1.75 bits per heavy atom. The Morgan fingerprint density at radius 1 is 0.750 bits per heavy atom. The van der Waals surface area contributed by atoms with E-state index in [0.717, 1.165) is 11.1 Å². The van der Waals surface area contributed by atoms with Gasteiger partial charge in [-0.25, -0.2) is 0 Å². The highest BCUT2D eigenvalue weighted by Crippen LogP contribution is 2.05. The third kappa shape index (κ3) is 1.24. The van der Waals surface area contributed by atoms with Crippen molar-refractivity contribution in [3.63, 3.8) is 0 Å². The average molecular weight is 150 g/mol. The second-order valence-electron chi connectivity index (χ2n) is 2.42. The molecule has 0 unspecified atom stereocenters. The molecule has 0 saturated heterocycles. The summed E-state index contributed by atoms with van der Waals surface area (Å²) in [5.74, 6) is 11.9. The van der Waals surface area contributed by atoms with Crippen LogP contribution in [0.5, 0.6) is 0 Å². The predicted octanol–water partition coefficient (Wildman–Crippen LogP) is 1.96. The first-order valence-corrected chi connectivity index (χ1v) is 3.74. The molecule has 0 fully saturated rings. The van der Waals surface area contributed by atoms with Crippen molar-refractivity contribution in [1.82, 2.24) is 0 Å². The van der Waals surface area contributed by atoms with Gasteiger partial charge in [-0.3, -0.25) is 0 Å². The minimum atomic E-state index is 1.01. The highest BCUT2D eigenvalue weighted by molar-refractivity contribution is 5.53. The largest absolute Gasteiger partial charge is 0.0689 e. The Labute approximate surface area is 71.9 Å². The molecule has 0 bridgehead atoms. The van der Waals surface area contributed by atoms with Gasteiger partial charge in [0.2, 0.25) is 0 Å². The van der Waals surface area contributed by atoms with Crippen LogP contribution in [0.2, 0.25) is 0 Å². The predicted molar refractivity (Wildman–Crippen MR) is 49.3 cm³/mol. The number of hydrogen-bond acceptors (Lipinski definition) is 0. The van der Waals surface area contributed by atoms with Crippen LogP contribution < -0.4 is 0 Å². The van der Waals surface area contributed by atoms with Crippen LogP contribution in [0.25, 0.3) is 0 Å². The SMILES string of the molecule is C1#Cc2ccccc2C#C/C=C\1. The van der Waals surface area contributed by atoms with Crippen LogP contribution in [-0.2, 0) is 0 Å². The summed E-state index contributed by atoms with van der Waals surface area (Å²) in [5, 5.41) is 0. The van der Waals surface area contributed by atoms with Gasteiger partial charge in [0, 0.05) is 11.1 Å². The topological polar surface area (TPSA) is 0 Å². The van der Waals surface area contributed by atoms with E-state index in [1.807, 2.05) is 24.3 Å². The van der Waals surface area contributed by atoms with E-state index in [1.165, 1.54) is 0 Å². The Kier molecular flexibility index (Phi) is 1.69. The van der Waals surface area contributed by atoms with Crippen LogP contribution in [0.4, 0.5) is 0 Å². The van der Waals surface area contributed by atoms with Crippen LogP contribution in [0.1, 0.15) is 11.1 Å². The summed E-state index contributed by atoms with van der Waals surface area (Å²) in [4.78, 5) is 0. The Balaban J connectivity index is 2.65. The van der Waals surface area contributed by atoms with Crippen molar-refractivity contribution in [2.75, 3.05) is 0 Å². The Bertz CT molecular complexity index is 399. The number of fused-ring (bicyclic) bond motifs is 1. The Morgan fingerprint density at radius 2 is 1.25 bits per heavy atom. The number of hydrogen-bond donors (Lipinski definition) is 0. The fourth-order valence-corrected chi connectivity index (χ4v) is 1.02. The van der Waals surface area contributed by atoms with E-state index in [1.54, 1.807) is 12.2 Å². The molecule has 0 N–H and O–H groups in total. The third-order valence-electron chi connectivity index (χ3n) is 1.59. The van der Waals surface area contributed by atoms with Gasteiger partial charge in [0.15, 0.2) is 0 Å². The van der Waals surface area contributed by atoms with Crippen LogP contribution in [0, 0.1) is 23.7 Å². The molecule has 54 valence electrons. The lowest BCUT2D eigenvalue weighted by molar-refractivity contribution is 1.59. The van der Waals surface area contributed by atoms with Crippen LogP contribution >= 0.6 is 0 Å². The minimum Gasteiger partial charge on any atom is -0.0689 e. The van der Waals surface area contributed by atoms with E-state index in [2.05, 4.69) is 23.7 Å². The molecular formula is C12H6. The quantitative estimate of drug-likeness (QED) is 0.496. The fraction of sp³-hybridized carbons (Fsp3) is 0. The zero-order valence-electron chi connectivity index (χ0n) is 6.46. The molecule has 12 heavy (non-hydrogen) atoms. The summed E-state index contributed by atoms with van der Waals surface area (Å²) in [5.41, 5.74) is 2.02. The van der Waals surface area contributed by atoms with E-state index >= 15 is 0 Å². The van der Waals surface area contributed by atoms with Crippen molar-refractivity contribution >= 4 is 0 Å². The van der Waals surface area contributed by atoms with Gasteiger partial charge in [-0.2, -0.15) is 0 Å².